The van der Waals surface area contributed by atoms with Crippen LogP contribution in [0.15, 0.2) is 59.5 Å². The highest BCUT2D eigenvalue weighted by atomic mass is 35.5. The Kier molecular flexibility index (Phi) is 8.54. The number of carboxylic acid groups (broad SMARTS) is 1. The van der Waals surface area contributed by atoms with Crippen molar-refractivity contribution in [3.8, 4) is 0 Å². The van der Waals surface area contributed by atoms with Crippen LogP contribution in [0, 0.1) is 0 Å². The first kappa shape index (κ1) is 26.4. The Labute approximate surface area is 217 Å². The summed E-state index contributed by atoms with van der Waals surface area (Å²) >= 11 is 5.95. The van der Waals surface area contributed by atoms with Crippen molar-refractivity contribution in [1.82, 2.24) is 14.5 Å². The number of carbonyl (C=O) groups is 2. The Morgan fingerprint density at radius 2 is 1.67 bits per heavy atom. The number of sulfonamides is 1. The molecule has 2 unspecified atom stereocenters. The van der Waals surface area contributed by atoms with Crippen LogP contribution in [0.5, 0.6) is 0 Å². The maximum atomic E-state index is 13.8. The van der Waals surface area contributed by atoms with Gasteiger partial charge in [0.05, 0.1) is 4.90 Å². The normalized spacial score (nSPS) is 19.8. The SMILES string of the molecule is O=C(O)NC(Cc1ccc(Cl)cc1)C(=O)N1CCC(N(C2CCCCC2)S(=O)(=O)c2ccccc2)C1. The van der Waals surface area contributed by atoms with Gasteiger partial charge < -0.3 is 15.3 Å². The first-order valence-electron chi connectivity index (χ1n) is 12.4. The van der Waals surface area contributed by atoms with Gasteiger partial charge in [-0.3, -0.25) is 4.79 Å². The average Bonchev–Trinajstić information content (AvgIpc) is 3.35. The van der Waals surface area contributed by atoms with Gasteiger partial charge in [0.2, 0.25) is 15.9 Å². The smallest absolute Gasteiger partial charge is 0.405 e. The van der Waals surface area contributed by atoms with E-state index >= 15 is 0 Å². The number of rotatable bonds is 8. The third kappa shape index (κ3) is 6.19. The predicted molar refractivity (Wildman–Crippen MR) is 137 cm³/mol. The minimum absolute atomic E-state index is 0.106. The highest BCUT2D eigenvalue weighted by Crippen LogP contribution is 2.33. The Hall–Kier alpha value is -2.62. The molecule has 1 aliphatic carbocycles. The number of benzene rings is 2. The van der Waals surface area contributed by atoms with Crippen molar-refractivity contribution in [2.45, 2.75) is 68.0 Å². The van der Waals surface area contributed by atoms with Gasteiger partial charge in [-0.2, -0.15) is 4.31 Å². The van der Waals surface area contributed by atoms with Gasteiger partial charge in [0, 0.05) is 36.6 Å². The third-order valence-corrected chi connectivity index (χ3v) is 9.31. The predicted octanol–water partition coefficient (Wildman–Crippen LogP) is 4.14. The second kappa shape index (κ2) is 11.6. The minimum atomic E-state index is -3.75. The van der Waals surface area contributed by atoms with Gasteiger partial charge in [0.15, 0.2) is 0 Å². The van der Waals surface area contributed by atoms with Crippen LogP contribution in [0.3, 0.4) is 0 Å². The second-order valence-electron chi connectivity index (χ2n) is 9.50. The van der Waals surface area contributed by atoms with E-state index in [1.165, 1.54) is 0 Å². The number of nitrogens with zero attached hydrogens (tertiary/aromatic N) is 2. The van der Waals surface area contributed by atoms with E-state index in [4.69, 9.17) is 11.6 Å². The highest BCUT2D eigenvalue weighted by molar-refractivity contribution is 7.89. The second-order valence-corrected chi connectivity index (χ2v) is 11.8. The number of likely N-dealkylation sites (tertiary alicyclic amines) is 1. The Balaban J connectivity index is 1.54. The summed E-state index contributed by atoms with van der Waals surface area (Å²) in [6.07, 6.45) is 4.06. The summed E-state index contributed by atoms with van der Waals surface area (Å²) in [5.74, 6) is -0.351. The monoisotopic (exact) mass is 533 g/mol. The lowest BCUT2D eigenvalue weighted by Crippen LogP contribution is -2.51. The van der Waals surface area contributed by atoms with Gasteiger partial charge in [0.1, 0.15) is 6.04 Å². The third-order valence-electron chi connectivity index (χ3n) is 7.04. The molecular formula is C26H32ClN3O5S. The van der Waals surface area contributed by atoms with Gasteiger partial charge in [-0.15, -0.1) is 0 Å². The van der Waals surface area contributed by atoms with Crippen LogP contribution in [0.1, 0.15) is 44.1 Å². The fraction of sp³-hybridized carbons (Fsp3) is 0.462. The van der Waals surface area contributed by atoms with E-state index in [-0.39, 0.29) is 35.9 Å². The number of nitrogens with one attached hydrogen (secondary N) is 1. The molecule has 10 heteroatoms. The van der Waals surface area contributed by atoms with Gasteiger partial charge in [-0.1, -0.05) is 61.2 Å². The fourth-order valence-electron chi connectivity index (χ4n) is 5.32. The average molecular weight is 534 g/mol. The van der Waals surface area contributed by atoms with Crippen LogP contribution in [0.2, 0.25) is 5.02 Å². The van der Waals surface area contributed by atoms with Crippen LogP contribution in [-0.4, -0.2) is 65.9 Å². The number of hydrogen-bond acceptors (Lipinski definition) is 4. The highest BCUT2D eigenvalue weighted by Gasteiger charge is 2.42. The summed E-state index contributed by atoms with van der Waals surface area (Å²) < 4.78 is 29.2. The molecule has 2 aromatic rings. The van der Waals surface area contributed by atoms with Crippen molar-refractivity contribution in [2.75, 3.05) is 13.1 Å². The first-order chi connectivity index (χ1) is 17.3. The molecule has 2 aromatic carbocycles. The van der Waals surface area contributed by atoms with E-state index in [9.17, 15) is 23.1 Å². The molecular weight excluding hydrogens is 502 g/mol. The van der Waals surface area contributed by atoms with E-state index in [2.05, 4.69) is 5.32 Å². The zero-order valence-electron chi connectivity index (χ0n) is 20.1. The standard InChI is InChI=1S/C26H32ClN3O5S/c27-20-13-11-19(12-14-20)17-24(28-26(32)33)25(31)29-16-15-22(18-29)30(21-7-3-1-4-8-21)36(34,35)23-9-5-2-6-10-23/h2,5-6,9-14,21-22,24,28H,1,3-4,7-8,15-18H2,(H,32,33). The molecule has 0 radical (unpaired) electrons. The van der Waals surface area contributed by atoms with Crippen molar-refractivity contribution in [3.63, 3.8) is 0 Å². The van der Waals surface area contributed by atoms with E-state index in [0.717, 1.165) is 37.7 Å². The molecule has 2 amide bonds. The molecule has 4 rings (SSSR count). The zero-order valence-corrected chi connectivity index (χ0v) is 21.6. The Morgan fingerprint density at radius 3 is 2.31 bits per heavy atom. The first-order valence-corrected chi connectivity index (χ1v) is 14.2. The number of hydrogen-bond donors (Lipinski definition) is 2. The molecule has 1 saturated heterocycles. The summed E-state index contributed by atoms with van der Waals surface area (Å²) in [7, 11) is -3.75. The maximum Gasteiger partial charge on any atom is 0.405 e. The molecule has 1 heterocycles. The largest absolute Gasteiger partial charge is 0.465 e. The molecule has 2 N–H and O–H groups in total. The summed E-state index contributed by atoms with van der Waals surface area (Å²) in [5.41, 5.74) is 0.776. The molecule has 2 aliphatic rings. The number of carbonyl (C=O) groups excluding carboxylic acids is 1. The molecule has 8 nitrogen and oxygen atoms in total. The fourth-order valence-corrected chi connectivity index (χ4v) is 7.35. The topological polar surface area (TPSA) is 107 Å². The van der Waals surface area contributed by atoms with Crippen LogP contribution in [0.25, 0.3) is 0 Å². The van der Waals surface area contributed by atoms with Crippen molar-refractivity contribution in [2.24, 2.45) is 0 Å². The Bertz CT molecular complexity index is 1150. The van der Waals surface area contributed by atoms with Crippen LogP contribution in [-0.2, 0) is 21.2 Å². The van der Waals surface area contributed by atoms with Crippen molar-refractivity contribution >= 4 is 33.6 Å². The summed E-state index contributed by atoms with van der Waals surface area (Å²) in [6, 6.07) is 13.9. The lowest BCUT2D eigenvalue weighted by atomic mass is 9.95. The quantitative estimate of drug-likeness (QED) is 0.530. The van der Waals surface area contributed by atoms with Crippen molar-refractivity contribution < 1.29 is 23.1 Å². The van der Waals surface area contributed by atoms with Crippen LogP contribution in [0.4, 0.5) is 4.79 Å². The molecule has 0 spiro atoms. The summed E-state index contributed by atoms with van der Waals surface area (Å²) in [6.45, 7) is 0.606. The Morgan fingerprint density at radius 1 is 1.00 bits per heavy atom. The van der Waals surface area contributed by atoms with E-state index in [0.29, 0.717) is 18.0 Å². The van der Waals surface area contributed by atoms with E-state index < -0.39 is 22.2 Å². The zero-order chi connectivity index (χ0) is 25.7. The molecule has 1 aliphatic heterocycles. The van der Waals surface area contributed by atoms with Gasteiger partial charge in [0.25, 0.3) is 0 Å². The van der Waals surface area contributed by atoms with Crippen molar-refractivity contribution in [1.29, 1.82) is 0 Å². The molecule has 1 saturated carbocycles. The summed E-state index contributed by atoms with van der Waals surface area (Å²) in [4.78, 5) is 26.7. The molecule has 0 bridgehead atoms. The molecule has 0 aromatic heterocycles. The van der Waals surface area contributed by atoms with Crippen molar-refractivity contribution in [3.05, 3.63) is 65.2 Å². The maximum absolute atomic E-state index is 13.8. The minimum Gasteiger partial charge on any atom is -0.465 e. The molecule has 2 atom stereocenters. The van der Waals surface area contributed by atoms with Gasteiger partial charge in [-0.25, -0.2) is 13.2 Å². The molecule has 2 fully saturated rings. The van der Waals surface area contributed by atoms with Crippen LogP contribution < -0.4 is 5.32 Å². The van der Waals surface area contributed by atoms with Crippen LogP contribution >= 0.6 is 11.6 Å². The molecule has 36 heavy (non-hydrogen) atoms. The van der Waals surface area contributed by atoms with Gasteiger partial charge in [-0.05, 0) is 49.1 Å². The molecule has 194 valence electrons. The van der Waals surface area contributed by atoms with E-state index in [1.54, 1.807) is 63.8 Å². The summed E-state index contributed by atoms with van der Waals surface area (Å²) in [5, 5.41) is 12.2. The lowest BCUT2D eigenvalue weighted by molar-refractivity contribution is -0.132. The van der Waals surface area contributed by atoms with E-state index in [1.807, 2.05) is 0 Å². The number of halogens is 1. The van der Waals surface area contributed by atoms with Gasteiger partial charge >= 0.3 is 6.09 Å². The number of amides is 2. The lowest BCUT2D eigenvalue weighted by Gasteiger charge is -2.37.